The molecule has 0 saturated carbocycles. The number of aliphatic hydroxyl groups excluding tert-OH is 1. The van der Waals surface area contributed by atoms with Gasteiger partial charge in [-0.15, -0.1) is 5.69 Å². The van der Waals surface area contributed by atoms with Gasteiger partial charge < -0.3 is 15.6 Å². The van der Waals surface area contributed by atoms with E-state index in [1.807, 2.05) is 0 Å². The van der Waals surface area contributed by atoms with Crippen LogP contribution in [0.1, 0.15) is 0 Å². The Morgan fingerprint density at radius 3 is 2.20 bits per heavy atom. The lowest BCUT2D eigenvalue weighted by molar-refractivity contribution is -0.204. The molecule has 0 spiro atoms. The van der Waals surface area contributed by atoms with Gasteiger partial charge in [0.25, 0.3) is 0 Å². The second-order valence-electron chi connectivity index (χ2n) is 2.86. The van der Waals surface area contributed by atoms with E-state index in [4.69, 9.17) is 10.8 Å². The van der Waals surface area contributed by atoms with Gasteiger partial charge in [0.1, 0.15) is 5.75 Å². The van der Waals surface area contributed by atoms with Crippen LogP contribution < -0.4 is 4.74 Å². The van der Waals surface area contributed by atoms with E-state index >= 15 is 0 Å². The summed E-state index contributed by atoms with van der Waals surface area (Å²) >= 11 is 0. The van der Waals surface area contributed by atoms with E-state index < -0.39 is 18.9 Å². The van der Waals surface area contributed by atoms with E-state index in [9.17, 15) is 13.2 Å². The zero-order valence-corrected chi connectivity index (χ0v) is 7.58. The van der Waals surface area contributed by atoms with Crippen LogP contribution in [-0.2, 0) is 0 Å². The predicted octanol–water partition coefficient (Wildman–Crippen LogP) is 2.67. The molecule has 1 unspecified atom stereocenters. The lowest BCUT2D eigenvalue weighted by Crippen LogP contribution is -2.37. The van der Waals surface area contributed by atoms with E-state index in [0.29, 0.717) is 0 Å². The number of benzene rings is 1. The third-order valence-corrected chi connectivity index (χ3v) is 1.66. The summed E-state index contributed by atoms with van der Waals surface area (Å²) in [6.07, 6.45) is -6.83. The summed E-state index contributed by atoms with van der Waals surface area (Å²) in [7, 11) is 0. The minimum atomic E-state index is -4.60. The highest BCUT2D eigenvalue weighted by Gasteiger charge is 2.41. The minimum Gasteiger partial charge on any atom is -0.699 e. The lowest BCUT2D eigenvalue weighted by atomic mass is 10.3. The highest BCUT2D eigenvalue weighted by atomic mass is 19.4. The van der Waals surface area contributed by atoms with Gasteiger partial charge in [-0.1, -0.05) is 12.1 Å². The summed E-state index contributed by atoms with van der Waals surface area (Å²) in [5.74, 6) is -0.0256. The molecule has 0 aliphatic carbocycles. The fourth-order valence-corrected chi connectivity index (χ4v) is 0.905. The molecule has 0 heterocycles. The average molecular weight is 220 g/mol. The van der Waals surface area contributed by atoms with Gasteiger partial charge in [-0.3, -0.25) is 0 Å². The minimum absolute atomic E-state index is 0.0256. The first kappa shape index (κ1) is 11.6. The molecule has 0 saturated heterocycles. The molecule has 0 fully saturated rings. The third-order valence-electron chi connectivity index (χ3n) is 1.66. The second kappa shape index (κ2) is 4.39. The highest BCUT2D eigenvalue weighted by Crippen LogP contribution is 2.25. The average Bonchev–Trinajstić information content (AvgIpc) is 2.15. The van der Waals surface area contributed by atoms with Crippen molar-refractivity contribution in [2.24, 2.45) is 0 Å². The maximum absolute atomic E-state index is 12.2. The Balaban J connectivity index is 2.71. The van der Waals surface area contributed by atoms with Gasteiger partial charge in [0.2, 0.25) is 6.10 Å². The summed E-state index contributed by atoms with van der Waals surface area (Å²) in [5.41, 5.74) is 7.29. The van der Waals surface area contributed by atoms with Crippen molar-refractivity contribution in [3.63, 3.8) is 0 Å². The van der Waals surface area contributed by atoms with E-state index in [1.165, 1.54) is 24.3 Å². The highest BCUT2D eigenvalue weighted by molar-refractivity contribution is 5.45. The van der Waals surface area contributed by atoms with Gasteiger partial charge in [-0.2, -0.15) is 13.2 Å². The van der Waals surface area contributed by atoms with Crippen LogP contribution in [0.2, 0.25) is 0 Å². The summed E-state index contributed by atoms with van der Waals surface area (Å²) in [4.78, 5) is 0. The van der Waals surface area contributed by atoms with E-state index in [0.717, 1.165) is 0 Å². The predicted molar refractivity (Wildman–Crippen MR) is 48.0 cm³/mol. The number of halogens is 3. The van der Waals surface area contributed by atoms with Crippen molar-refractivity contribution in [1.29, 1.82) is 0 Å². The number of rotatable bonds is 3. The molecule has 0 aliphatic heterocycles. The monoisotopic (exact) mass is 220 g/mol. The number of hydrogen-bond acceptors (Lipinski definition) is 2. The van der Waals surface area contributed by atoms with Crippen LogP contribution in [0.15, 0.2) is 24.3 Å². The smallest absolute Gasteiger partial charge is 0.427 e. The lowest BCUT2D eigenvalue weighted by Gasteiger charge is -2.19. The van der Waals surface area contributed by atoms with Gasteiger partial charge in [0.05, 0.1) is 6.61 Å². The zero-order valence-electron chi connectivity index (χ0n) is 7.58. The van der Waals surface area contributed by atoms with Crippen molar-refractivity contribution in [3.8, 4) is 5.75 Å². The van der Waals surface area contributed by atoms with E-state index in [1.54, 1.807) is 0 Å². The number of hydrogen-bond donors (Lipinski definition) is 1. The molecule has 0 radical (unpaired) electrons. The van der Waals surface area contributed by atoms with Crippen molar-refractivity contribution in [2.45, 2.75) is 12.3 Å². The number of ether oxygens (including phenoxy) is 1. The zero-order chi connectivity index (χ0) is 11.5. The Kier molecular flexibility index (Phi) is 3.41. The summed E-state index contributed by atoms with van der Waals surface area (Å²) < 4.78 is 41.0. The van der Waals surface area contributed by atoms with E-state index in [-0.39, 0.29) is 11.4 Å². The Morgan fingerprint density at radius 1 is 1.27 bits per heavy atom. The SMILES string of the molecule is [NH-]c1ccc(OC(CO)C(F)(F)F)cc1. The first-order valence-corrected chi connectivity index (χ1v) is 4.09. The molecule has 0 bridgehead atoms. The number of nitrogens with one attached hydrogen (secondary N) is 1. The molecular weight excluding hydrogens is 211 g/mol. The summed E-state index contributed by atoms with van der Waals surface area (Å²) in [6, 6.07) is 5.10. The Bertz CT molecular complexity index is 310. The maximum atomic E-state index is 12.2. The van der Waals surface area contributed by atoms with Crippen LogP contribution in [0.25, 0.3) is 5.73 Å². The van der Waals surface area contributed by atoms with Crippen LogP contribution in [0.3, 0.4) is 0 Å². The number of alkyl halides is 3. The number of aliphatic hydroxyl groups is 1. The van der Waals surface area contributed by atoms with E-state index in [2.05, 4.69) is 4.74 Å². The van der Waals surface area contributed by atoms with Gasteiger partial charge in [-0.05, 0) is 12.1 Å². The van der Waals surface area contributed by atoms with Crippen molar-refractivity contribution in [1.82, 2.24) is 0 Å². The van der Waals surface area contributed by atoms with Crippen molar-refractivity contribution >= 4 is 5.69 Å². The fraction of sp³-hybridized carbons (Fsp3) is 0.333. The van der Waals surface area contributed by atoms with Crippen LogP contribution in [0.5, 0.6) is 5.75 Å². The Morgan fingerprint density at radius 2 is 1.80 bits per heavy atom. The van der Waals surface area contributed by atoms with Crippen LogP contribution in [0, 0.1) is 0 Å². The van der Waals surface area contributed by atoms with Crippen LogP contribution >= 0.6 is 0 Å². The Labute approximate surface area is 84.3 Å². The molecule has 3 nitrogen and oxygen atoms in total. The molecule has 1 aromatic rings. The molecule has 1 rings (SSSR count). The second-order valence-corrected chi connectivity index (χ2v) is 2.86. The van der Waals surface area contributed by atoms with Crippen molar-refractivity contribution in [2.75, 3.05) is 6.61 Å². The third kappa shape index (κ3) is 3.32. The first-order chi connectivity index (χ1) is 6.93. The Hall–Kier alpha value is -1.43. The normalized spacial score (nSPS) is 13.6. The molecule has 0 aliphatic rings. The standard InChI is InChI=1S/C9H9F3NO2/c10-9(11,12)8(5-14)15-7-3-1-6(13)2-4-7/h1-4,8,13-14H,5H2/q-1. The molecule has 15 heavy (non-hydrogen) atoms. The van der Waals surface area contributed by atoms with Gasteiger partial charge in [0.15, 0.2) is 0 Å². The van der Waals surface area contributed by atoms with Crippen LogP contribution in [-0.4, -0.2) is 24.0 Å². The molecule has 1 atom stereocenters. The fourth-order valence-electron chi connectivity index (χ4n) is 0.905. The molecule has 1 aromatic carbocycles. The molecule has 0 aromatic heterocycles. The van der Waals surface area contributed by atoms with Gasteiger partial charge >= 0.3 is 6.18 Å². The van der Waals surface area contributed by atoms with Crippen molar-refractivity contribution in [3.05, 3.63) is 30.0 Å². The van der Waals surface area contributed by atoms with Gasteiger partial charge in [-0.25, -0.2) is 0 Å². The molecule has 84 valence electrons. The van der Waals surface area contributed by atoms with Crippen molar-refractivity contribution < 1.29 is 23.0 Å². The molecular formula is C9H9F3NO2-. The molecule has 2 N–H and O–H groups in total. The maximum Gasteiger partial charge on any atom is 0.427 e. The quantitative estimate of drug-likeness (QED) is 0.851. The first-order valence-electron chi connectivity index (χ1n) is 4.09. The summed E-state index contributed by atoms with van der Waals surface area (Å²) in [5, 5.41) is 8.50. The molecule has 6 heteroatoms. The largest absolute Gasteiger partial charge is 0.699 e. The topological polar surface area (TPSA) is 53.3 Å². The summed E-state index contributed by atoms with van der Waals surface area (Å²) in [6.45, 7) is -1.13. The van der Waals surface area contributed by atoms with Crippen LogP contribution in [0.4, 0.5) is 18.9 Å². The molecule has 0 amide bonds. The van der Waals surface area contributed by atoms with Gasteiger partial charge in [0, 0.05) is 0 Å².